The van der Waals surface area contributed by atoms with E-state index in [1.807, 2.05) is 12.1 Å². The summed E-state index contributed by atoms with van der Waals surface area (Å²) in [6, 6.07) is 17.6. The van der Waals surface area contributed by atoms with E-state index in [2.05, 4.69) is 20.6 Å². The molecule has 0 saturated heterocycles. The van der Waals surface area contributed by atoms with Crippen molar-refractivity contribution < 1.29 is 9.59 Å². The largest absolute Gasteiger partial charge is 0.322 e. The summed E-state index contributed by atoms with van der Waals surface area (Å²) in [5.74, 6) is -0.510. The highest BCUT2D eigenvalue weighted by atomic mass is 35.5. The molecule has 4 aromatic rings. The van der Waals surface area contributed by atoms with Crippen molar-refractivity contribution in [3.05, 3.63) is 94.2 Å². The molecule has 6 nitrogen and oxygen atoms in total. The number of hydrogen-bond donors (Lipinski definition) is 2. The average Bonchev–Trinajstić information content (AvgIpc) is 3.17. The van der Waals surface area contributed by atoms with Crippen LogP contribution in [0, 0.1) is 6.92 Å². The highest BCUT2D eigenvalue weighted by Crippen LogP contribution is 2.29. The molecule has 4 rings (SSSR count). The summed E-state index contributed by atoms with van der Waals surface area (Å²) in [6.45, 7) is 1.80. The van der Waals surface area contributed by atoms with Crippen molar-refractivity contribution in [3.63, 3.8) is 0 Å². The van der Waals surface area contributed by atoms with E-state index in [0.717, 1.165) is 10.6 Å². The second kappa shape index (κ2) is 9.07. The van der Waals surface area contributed by atoms with Crippen LogP contribution in [0.25, 0.3) is 10.6 Å². The second-order valence-electron chi connectivity index (χ2n) is 6.67. The predicted molar refractivity (Wildman–Crippen MR) is 124 cm³/mol. The maximum atomic E-state index is 12.8. The van der Waals surface area contributed by atoms with E-state index in [9.17, 15) is 9.59 Å². The van der Waals surface area contributed by atoms with Gasteiger partial charge in [-0.2, -0.15) is 0 Å². The first kappa shape index (κ1) is 20.7. The number of carbonyl (C=O) groups excluding carboxylic acids is 2. The predicted octanol–water partition coefficient (Wildman–Crippen LogP) is 5.67. The Hall–Kier alpha value is -3.55. The van der Waals surface area contributed by atoms with E-state index in [1.165, 1.54) is 11.3 Å². The number of benzene rings is 2. The lowest BCUT2D eigenvalue weighted by molar-refractivity contribution is 0.102. The Morgan fingerprint density at radius 1 is 0.903 bits per heavy atom. The van der Waals surface area contributed by atoms with Crippen molar-refractivity contribution in [1.29, 1.82) is 0 Å². The number of pyridine rings is 1. The van der Waals surface area contributed by atoms with Gasteiger partial charge < -0.3 is 10.6 Å². The van der Waals surface area contributed by atoms with Gasteiger partial charge in [0, 0.05) is 39.9 Å². The Kier molecular flexibility index (Phi) is 6.06. The van der Waals surface area contributed by atoms with Gasteiger partial charge >= 0.3 is 0 Å². The maximum absolute atomic E-state index is 12.8. The second-order valence-corrected chi connectivity index (χ2v) is 8.10. The Bertz CT molecular complexity index is 1240. The van der Waals surface area contributed by atoms with Crippen molar-refractivity contribution in [1.82, 2.24) is 9.97 Å². The molecular formula is C23H17ClN4O2S. The van der Waals surface area contributed by atoms with Gasteiger partial charge in [0.25, 0.3) is 11.8 Å². The molecule has 0 fully saturated rings. The zero-order valence-corrected chi connectivity index (χ0v) is 18.0. The Morgan fingerprint density at radius 3 is 2.23 bits per heavy atom. The van der Waals surface area contributed by atoms with Gasteiger partial charge in [-0.25, -0.2) is 4.98 Å². The fraction of sp³-hybridized carbons (Fsp3) is 0.0435. The molecule has 0 atom stereocenters. The molecule has 0 aliphatic heterocycles. The molecule has 2 aromatic heterocycles. The quantitative estimate of drug-likeness (QED) is 0.412. The monoisotopic (exact) mass is 448 g/mol. The highest BCUT2D eigenvalue weighted by Gasteiger charge is 2.17. The molecular weight excluding hydrogens is 432 g/mol. The van der Waals surface area contributed by atoms with Gasteiger partial charge in [0.2, 0.25) is 0 Å². The summed E-state index contributed by atoms with van der Waals surface area (Å²) < 4.78 is 0. The summed E-state index contributed by atoms with van der Waals surface area (Å²) in [5, 5.41) is 7.08. The van der Waals surface area contributed by atoms with Gasteiger partial charge in [-0.3, -0.25) is 14.6 Å². The number of thiazole rings is 1. The molecule has 0 unspecified atom stereocenters. The number of halogens is 1. The summed E-state index contributed by atoms with van der Waals surface area (Å²) >= 11 is 7.26. The van der Waals surface area contributed by atoms with E-state index < -0.39 is 0 Å². The topological polar surface area (TPSA) is 84.0 Å². The van der Waals surface area contributed by atoms with Crippen LogP contribution < -0.4 is 10.6 Å². The van der Waals surface area contributed by atoms with Crippen LogP contribution in [0.3, 0.4) is 0 Å². The molecule has 0 bridgehead atoms. The first-order valence-corrected chi connectivity index (χ1v) is 10.6. The lowest BCUT2D eigenvalue weighted by atomic mass is 10.2. The van der Waals surface area contributed by atoms with Crippen molar-refractivity contribution in [2.75, 3.05) is 10.6 Å². The van der Waals surface area contributed by atoms with Crippen molar-refractivity contribution in [2.45, 2.75) is 6.92 Å². The number of nitrogens with zero attached hydrogens (tertiary/aromatic N) is 2. The zero-order chi connectivity index (χ0) is 21.8. The molecule has 0 spiro atoms. The van der Waals surface area contributed by atoms with E-state index in [-0.39, 0.29) is 11.8 Å². The van der Waals surface area contributed by atoms with Gasteiger partial charge in [-0.1, -0.05) is 29.8 Å². The van der Waals surface area contributed by atoms with E-state index >= 15 is 0 Å². The standard InChI is InChI=1S/C23H17ClN4O2S/c1-14-20(31-23(26-14)16-5-7-17(24)8-6-16)22(30)28-19-4-2-3-18(13-19)27-21(29)15-9-11-25-12-10-15/h2-13H,1H3,(H,27,29)(H,28,30). The van der Waals surface area contributed by atoms with E-state index in [4.69, 9.17) is 11.6 Å². The third-order valence-corrected chi connectivity index (χ3v) is 5.87. The summed E-state index contributed by atoms with van der Waals surface area (Å²) in [6.07, 6.45) is 3.11. The van der Waals surface area contributed by atoms with Crippen LogP contribution in [0.15, 0.2) is 73.1 Å². The molecule has 8 heteroatoms. The van der Waals surface area contributed by atoms with Gasteiger partial charge in [-0.15, -0.1) is 11.3 Å². The third kappa shape index (κ3) is 4.96. The van der Waals surface area contributed by atoms with Crippen LogP contribution in [-0.2, 0) is 0 Å². The number of aromatic nitrogens is 2. The van der Waals surface area contributed by atoms with E-state index in [0.29, 0.717) is 32.5 Å². The molecule has 154 valence electrons. The fourth-order valence-corrected chi connectivity index (χ4v) is 3.99. The third-order valence-electron chi connectivity index (χ3n) is 4.41. The maximum Gasteiger partial charge on any atom is 0.267 e. The number of nitrogens with one attached hydrogen (secondary N) is 2. The van der Waals surface area contributed by atoms with Gasteiger partial charge in [-0.05, 0) is 49.4 Å². The first-order valence-electron chi connectivity index (χ1n) is 9.36. The molecule has 0 aliphatic rings. The molecule has 0 saturated carbocycles. The van der Waals surface area contributed by atoms with Crippen LogP contribution in [0.4, 0.5) is 11.4 Å². The van der Waals surface area contributed by atoms with Crippen LogP contribution in [0.2, 0.25) is 5.02 Å². The summed E-state index contributed by atoms with van der Waals surface area (Å²) in [5.41, 5.74) is 3.19. The smallest absolute Gasteiger partial charge is 0.267 e. The Balaban J connectivity index is 1.48. The Morgan fingerprint density at radius 2 is 1.55 bits per heavy atom. The fourth-order valence-electron chi connectivity index (χ4n) is 2.89. The van der Waals surface area contributed by atoms with Crippen molar-refractivity contribution in [3.8, 4) is 10.6 Å². The van der Waals surface area contributed by atoms with E-state index in [1.54, 1.807) is 67.8 Å². The minimum atomic E-state index is -0.257. The van der Waals surface area contributed by atoms with Crippen molar-refractivity contribution in [2.24, 2.45) is 0 Å². The number of carbonyl (C=O) groups is 2. The van der Waals surface area contributed by atoms with Crippen LogP contribution >= 0.6 is 22.9 Å². The molecule has 2 aromatic carbocycles. The van der Waals surface area contributed by atoms with Crippen LogP contribution in [-0.4, -0.2) is 21.8 Å². The first-order chi connectivity index (χ1) is 15.0. The normalized spacial score (nSPS) is 10.5. The number of amides is 2. The zero-order valence-electron chi connectivity index (χ0n) is 16.4. The van der Waals surface area contributed by atoms with Gasteiger partial charge in [0.1, 0.15) is 9.88 Å². The summed E-state index contributed by atoms with van der Waals surface area (Å²) in [4.78, 5) is 34.1. The number of aryl methyl sites for hydroxylation is 1. The number of hydrogen-bond acceptors (Lipinski definition) is 5. The summed E-state index contributed by atoms with van der Waals surface area (Å²) in [7, 11) is 0. The lowest BCUT2D eigenvalue weighted by Gasteiger charge is -2.08. The van der Waals surface area contributed by atoms with Crippen molar-refractivity contribution >= 4 is 46.1 Å². The average molecular weight is 449 g/mol. The molecule has 0 aliphatic carbocycles. The van der Waals surface area contributed by atoms with Crippen LogP contribution in [0.5, 0.6) is 0 Å². The van der Waals surface area contributed by atoms with Gasteiger partial charge in [0.05, 0.1) is 5.69 Å². The lowest BCUT2D eigenvalue weighted by Crippen LogP contribution is -2.14. The molecule has 2 heterocycles. The number of anilines is 2. The SMILES string of the molecule is Cc1nc(-c2ccc(Cl)cc2)sc1C(=O)Nc1cccc(NC(=O)c2ccncc2)c1. The minimum absolute atomic E-state index is 0.253. The minimum Gasteiger partial charge on any atom is -0.322 e. The molecule has 2 amide bonds. The Labute approximate surface area is 188 Å². The van der Waals surface area contributed by atoms with Crippen LogP contribution in [0.1, 0.15) is 25.7 Å². The molecule has 31 heavy (non-hydrogen) atoms. The molecule has 2 N–H and O–H groups in total. The van der Waals surface area contributed by atoms with Gasteiger partial charge in [0.15, 0.2) is 0 Å². The molecule has 0 radical (unpaired) electrons. The highest BCUT2D eigenvalue weighted by molar-refractivity contribution is 7.17. The number of rotatable bonds is 5.